The minimum absolute atomic E-state index is 0.331. The van der Waals surface area contributed by atoms with Crippen LogP contribution in [0, 0.1) is 5.92 Å². The fourth-order valence-electron chi connectivity index (χ4n) is 2.76. The number of fused-ring (bicyclic) bond motifs is 1. The van der Waals surface area contributed by atoms with Crippen molar-refractivity contribution >= 4 is 0 Å². The quantitative estimate of drug-likeness (QED) is 0.830. The van der Waals surface area contributed by atoms with Crippen molar-refractivity contribution in [3.8, 4) is 11.5 Å². The zero-order valence-electron chi connectivity index (χ0n) is 9.98. The van der Waals surface area contributed by atoms with Gasteiger partial charge in [0, 0.05) is 12.1 Å². The molecule has 4 nitrogen and oxygen atoms in total. The van der Waals surface area contributed by atoms with Crippen molar-refractivity contribution in [2.24, 2.45) is 11.7 Å². The third kappa shape index (κ3) is 1.87. The molecular formula is C13H18N2O2. The van der Waals surface area contributed by atoms with Gasteiger partial charge in [-0.05, 0) is 43.5 Å². The first-order valence-corrected chi connectivity index (χ1v) is 6.10. The lowest BCUT2D eigenvalue weighted by Crippen LogP contribution is -2.42. The van der Waals surface area contributed by atoms with Gasteiger partial charge in [0.05, 0.1) is 0 Å². The number of rotatable bonds is 3. The molecule has 2 aliphatic rings. The van der Waals surface area contributed by atoms with E-state index in [4.69, 9.17) is 15.2 Å². The Morgan fingerprint density at radius 2 is 2.06 bits per heavy atom. The van der Waals surface area contributed by atoms with Gasteiger partial charge >= 0.3 is 0 Å². The standard InChI is InChI=1S/C13H18N2O2/c1-15-13(9-4-10(14)5-9)8-2-3-11-12(6-8)17-7-16-11/h2-3,6,9-10,13,15H,4-5,7,14H2,1H3. The van der Waals surface area contributed by atoms with E-state index in [1.807, 2.05) is 13.1 Å². The van der Waals surface area contributed by atoms with Crippen LogP contribution in [0.25, 0.3) is 0 Å². The molecule has 92 valence electrons. The van der Waals surface area contributed by atoms with E-state index in [9.17, 15) is 0 Å². The van der Waals surface area contributed by atoms with E-state index in [-0.39, 0.29) is 0 Å². The summed E-state index contributed by atoms with van der Waals surface area (Å²) in [5, 5.41) is 3.38. The van der Waals surface area contributed by atoms with Crippen LogP contribution in [0.3, 0.4) is 0 Å². The van der Waals surface area contributed by atoms with Crippen molar-refractivity contribution in [3.63, 3.8) is 0 Å². The summed E-state index contributed by atoms with van der Waals surface area (Å²) >= 11 is 0. The molecular weight excluding hydrogens is 216 g/mol. The van der Waals surface area contributed by atoms with Gasteiger partial charge in [-0.1, -0.05) is 6.07 Å². The number of hydrogen-bond acceptors (Lipinski definition) is 4. The molecule has 3 rings (SSSR count). The summed E-state index contributed by atoms with van der Waals surface area (Å²) in [6.07, 6.45) is 2.19. The normalized spacial score (nSPS) is 27.6. The molecule has 1 unspecified atom stereocenters. The van der Waals surface area contributed by atoms with Gasteiger partial charge in [-0.3, -0.25) is 0 Å². The van der Waals surface area contributed by atoms with Crippen molar-refractivity contribution in [3.05, 3.63) is 23.8 Å². The number of nitrogens with one attached hydrogen (secondary N) is 1. The molecule has 17 heavy (non-hydrogen) atoms. The highest BCUT2D eigenvalue weighted by Gasteiger charge is 2.33. The Balaban J connectivity index is 1.82. The van der Waals surface area contributed by atoms with Gasteiger partial charge in [-0.15, -0.1) is 0 Å². The van der Waals surface area contributed by atoms with E-state index < -0.39 is 0 Å². The predicted molar refractivity (Wildman–Crippen MR) is 65.1 cm³/mol. The number of benzene rings is 1. The number of nitrogens with two attached hydrogens (primary N) is 1. The van der Waals surface area contributed by atoms with Crippen LogP contribution >= 0.6 is 0 Å². The smallest absolute Gasteiger partial charge is 0.231 e. The molecule has 1 saturated carbocycles. The van der Waals surface area contributed by atoms with Crippen LogP contribution in [-0.4, -0.2) is 19.9 Å². The molecule has 0 saturated heterocycles. The van der Waals surface area contributed by atoms with Crippen molar-refractivity contribution in [1.29, 1.82) is 0 Å². The Kier molecular flexibility index (Phi) is 2.68. The summed E-state index contributed by atoms with van der Waals surface area (Å²) in [4.78, 5) is 0. The van der Waals surface area contributed by atoms with E-state index in [2.05, 4.69) is 17.4 Å². The zero-order chi connectivity index (χ0) is 11.8. The van der Waals surface area contributed by atoms with E-state index in [1.54, 1.807) is 0 Å². The highest BCUT2D eigenvalue weighted by atomic mass is 16.7. The van der Waals surface area contributed by atoms with Gasteiger partial charge in [0.2, 0.25) is 6.79 Å². The Morgan fingerprint density at radius 1 is 1.29 bits per heavy atom. The van der Waals surface area contributed by atoms with Crippen molar-refractivity contribution in [2.45, 2.75) is 24.9 Å². The Bertz CT molecular complexity index is 416. The summed E-state index contributed by atoms with van der Waals surface area (Å²) in [6, 6.07) is 6.92. The van der Waals surface area contributed by atoms with Gasteiger partial charge in [0.25, 0.3) is 0 Å². The van der Waals surface area contributed by atoms with Gasteiger partial charge in [-0.25, -0.2) is 0 Å². The van der Waals surface area contributed by atoms with Crippen LogP contribution < -0.4 is 20.5 Å². The molecule has 0 amide bonds. The van der Waals surface area contributed by atoms with Crippen LogP contribution in [0.5, 0.6) is 11.5 Å². The third-order valence-electron chi connectivity index (χ3n) is 3.75. The van der Waals surface area contributed by atoms with Gasteiger partial charge in [0.15, 0.2) is 11.5 Å². The van der Waals surface area contributed by atoms with Crippen LogP contribution in [0.4, 0.5) is 0 Å². The average Bonchev–Trinajstić information content (AvgIpc) is 2.75. The fraction of sp³-hybridized carbons (Fsp3) is 0.538. The SMILES string of the molecule is CNC(c1ccc2c(c1)OCO2)C1CC(N)C1. The van der Waals surface area contributed by atoms with Gasteiger partial charge < -0.3 is 20.5 Å². The molecule has 0 aromatic heterocycles. The van der Waals surface area contributed by atoms with Gasteiger partial charge in [-0.2, -0.15) is 0 Å². The Labute approximate surface area is 101 Å². The fourth-order valence-corrected chi connectivity index (χ4v) is 2.76. The van der Waals surface area contributed by atoms with Gasteiger partial charge in [0.1, 0.15) is 0 Å². The topological polar surface area (TPSA) is 56.5 Å². The molecule has 0 bridgehead atoms. The highest BCUT2D eigenvalue weighted by molar-refractivity contribution is 5.45. The number of ether oxygens (including phenoxy) is 2. The van der Waals surface area contributed by atoms with E-state index in [0.717, 1.165) is 24.3 Å². The Hall–Kier alpha value is -1.26. The second-order valence-electron chi connectivity index (χ2n) is 4.87. The van der Waals surface area contributed by atoms with Crippen LogP contribution in [0.15, 0.2) is 18.2 Å². The van der Waals surface area contributed by atoms with E-state index in [1.165, 1.54) is 5.56 Å². The minimum atomic E-state index is 0.331. The Morgan fingerprint density at radius 3 is 2.76 bits per heavy atom. The summed E-state index contributed by atoms with van der Waals surface area (Å²) < 4.78 is 10.7. The van der Waals surface area contributed by atoms with Crippen molar-refractivity contribution in [1.82, 2.24) is 5.32 Å². The van der Waals surface area contributed by atoms with Crippen LogP contribution in [-0.2, 0) is 0 Å². The molecule has 1 heterocycles. The molecule has 0 radical (unpaired) electrons. The molecule has 1 aliphatic heterocycles. The van der Waals surface area contributed by atoms with E-state index >= 15 is 0 Å². The monoisotopic (exact) mass is 234 g/mol. The molecule has 1 aliphatic carbocycles. The van der Waals surface area contributed by atoms with Crippen molar-refractivity contribution < 1.29 is 9.47 Å². The molecule has 1 fully saturated rings. The molecule has 0 spiro atoms. The summed E-state index contributed by atoms with van der Waals surface area (Å²) in [5.74, 6) is 2.33. The molecule has 1 atom stereocenters. The predicted octanol–water partition coefficient (Wildman–Crippen LogP) is 1.41. The molecule has 3 N–H and O–H groups in total. The first-order valence-electron chi connectivity index (χ1n) is 6.10. The minimum Gasteiger partial charge on any atom is -0.454 e. The summed E-state index contributed by atoms with van der Waals surface area (Å²) in [5.41, 5.74) is 7.12. The highest BCUT2D eigenvalue weighted by Crippen LogP contribution is 2.40. The van der Waals surface area contributed by atoms with E-state index in [0.29, 0.717) is 24.8 Å². The van der Waals surface area contributed by atoms with Crippen molar-refractivity contribution in [2.75, 3.05) is 13.8 Å². The average molecular weight is 234 g/mol. The van der Waals surface area contributed by atoms with Crippen LogP contribution in [0.1, 0.15) is 24.4 Å². The lowest BCUT2D eigenvalue weighted by Gasteiger charge is -2.38. The number of hydrogen-bond donors (Lipinski definition) is 2. The molecule has 1 aromatic rings. The summed E-state index contributed by atoms with van der Waals surface area (Å²) in [7, 11) is 2.00. The zero-order valence-corrected chi connectivity index (χ0v) is 9.98. The maximum atomic E-state index is 5.86. The first kappa shape index (κ1) is 10.9. The van der Waals surface area contributed by atoms with Crippen LogP contribution in [0.2, 0.25) is 0 Å². The third-order valence-corrected chi connectivity index (χ3v) is 3.75. The molecule has 4 heteroatoms. The molecule has 1 aromatic carbocycles. The maximum absolute atomic E-state index is 5.86. The maximum Gasteiger partial charge on any atom is 0.231 e. The lowest BCUT2D eigenvalue weighted by molar-refractivity contribution is 0.173. The first-order chi connectivity index (χ1) is 8.28. The largest absolute Gasteiger partial charge is 0.454 e. The second-order valence-corrected chi connectivity index (χ2v) is 4.87. The summed E-state index contributed by atoms with van der Waals surface area (Å²) in [6.45, 7) is 0.331. The second kappa shape index (κ2) is 4.20. The lowest BCUT2D eigenvalue weighted by atomic mass is 9.74.